The molecular formula is C33H31N2O+. The molecular weight excluding hydrogens is 440 g/mol. The summed E-state index contributed by atoms with van der Waals surface area (Å²) in [4.78, 5) is 0. The zero-order valence-corrected chi connectivity index (χ0v) is 21.1. The summed E-state index contributed by atoms with van der Waals surface area (Å²) in [6, 6.07) is 9.95. The molecule has 0 bridgehead atoms. The van der Waals surface area contributed by atoms with Crippen LogP contribution in [0.1, 0.15) is 66.4 Å². The minimum Gasteiger partial charge on any atom is -0.454 e. The molecule has 5 aromatic rings. The van der Waals surface area contributed by atoms with Crippen LogP contribution in [0.2, 0.25) is 0 Å². The van der Waals surface area contributed by atoms with Gasteiger partial charge in [0.15, 0.2) is 5.69 Å². The van der Waals surface area contributed by atoms with Gasteiger partial charge in [-0.3, -0.25) is 0 Å². The number of pyridine rings is 1. The first-order valence-corrected chi connectivity index (χ1v) is 12.5. The van der Waals surface area contributed by atoms with Crippen molar-refractivity contribution >= 4 is 21.9 Å². The monoisotopic (exact) mass is 476 g/mol. The molecule has 6 rings (SSSR count). The lowest BCUT2D eigenvalue weighted by Crippen LogP contribution is -2.36. The highest BCUT2D eigenvalue weighted by atomic mass is 16.3. The Hall–Kier alpha value is -3.90. The van der Waals surface area contributed by atoms with Crippen LogP contribution in [-0.4, -0.2) is 0 Å². The van der Waals surface area contributed by atoms with E-state index in [0.29, 0.717) is 33.6 Å². The number of hydrogen-bond donors (Lipinski definition) is 0. The van der Waals surface area contributed by atoms with E-state index in [1.807, 2.05) is 19.1 Å². The maximum absolute atomic E-state index is 10.1. The molecule has 3 heteroatoms. The number of rotatable bonds is 3. The van der Waals surface area contributed by atoms with Crippen molar-refractivity contribution in [1.82, 2.24) is 0 Å². The number of benzene rings is 3. The van der Waals surface area contributed by atoms with Gasteiger partial charge in [0, 0.05) is 34.9 Å². The summed E-state index contributed by atoms with van der Waals surface area (Å²) in [5.74, 6) is 0.532. The SMILES string of the molecule is [2H]c1c([2H])c([2H])c(-c2ccc(C#N)c3c2oc2c(-c4cc(C5CCCC5)c(C)c(C)[n+]4C)c(C)ccc23)c([2H])c1[2H]. The second-order valence-corrected chi connectivity index (χ2v) is 9.95. The quantitative estimate of drug-likeness (QED) is 0.246. The van der Waals surface area contributed by atoms with Gasteiger partial charge >= 0.3 is 0 Å². The van der Waals surface area contributed by atoms with E-state index in [9.17, 15) is 5.26 Å². The van der Waals surface area contributed by atoms with Crippen LogP contribution < -0.4 is 4.57 Å². The van der Waals surface area contributed by atoms with E-state index in [1.165, 1.54) is 42.5 Å². The molecule has 1 fully saturated rings. The van der Waals surface area contributed by atoms with Crippen molar-refractivity contribution < 1.29 is 15.8 Å². The minimum absolute atomic E-state index is 0.0584. The predicted octanol–water partition coefficient (Wildman–Crippen LogP) is 8.20. The molecule has 2 heterocycles. The van der Waals surface area contributed by atoms with Gasteiger partial charge in [0.25, 0.3) is 0 Å². The van der Waals surface area contributed by atoms with Gasteiger partial charge in [0.2, 0.25) is 5.69 Å². The number of nitriles is 1. The fourth-order valence-corrected chi connectivity index (χ4v) is 5.93. The molecule has 0 spiro atoms. The first-order valence-electron chi connectivity index (χ1n) is 15.0. The van der Waals surface area contributed by atoms with Crippen LogP contribution >= 0.6 is 0 Å². The Morgan fingerprint density at radius 2 is 1.75 bits per heavy atom. The van der Waals surface area contributed by atoms with Crippen LogP contribution in [-0.2, 0) is 7.05 Å². The van der Waals surface area contributed by atoms with Gasteiger partial charge in [-0.1, -0.05) is 55.2 Å². The molecule has 0 amide bonds. The molecule has 36 heavy (non-hydrogen) atoms. The van der Waals surface area contributed by atoms with Gasteiger partial charge in [0.05, 0.1) is 24.0 Å². The molecule has 0 radical (unpaired) electrons. The molecule has 1 aliphatic carbocycles. The van der Waals surface area contributed by atoms with Gasteiger partial charge < -0.3 is 4.42 Å². The molecule has 1 aliphatic rings. The van der Waals surface area contributed by atoms with Crippen molar-refractivity contribution in [1.29, 1.82) is 5.26 Å². The Balaban J connectivity index is 1.73. The standard InChI is InChI=1S/C33H31N2O/c1-20-14-16-27-31-25(19-34)15-17-26(23-10-6-5-7-11-23)32(31)36-33(27)30(20)29-18-28(24-12-8-9-13-24)21(2)22(3)35(29)4/h5-7,10-11,14-18,24H,8-9,12-13H2,1-4H3/q+1/i5D,6D,7D,10D,11D. The number of furan rings is 1. The summed E-state index contributed by atoms with van der Waals surface area (Å²) < 4.78 is 50.5. The summed E-state index contributed by atoms with van der Waals surface area (Å²) in [6.07, 6.45) is 4.87. The second-order valence-electron chi connectivity index (χ2n) is 9.95. The lowest BCUT2D eigenvalue weighted by molar-refractivity contribution is -0.667. The van der Waals surface area contributed by atoms with Gasteiger partial charge in [-0.15, -0.1) is 0 Å². The van der Waals surface area contributed by atoms with Crippen LogP contribution in [0.15, 0.2) is 65.0 Å². The lowest BCUT2D eigenvalue weighted by Gasteiger charge is -2.16. The van der Waals surface area contributed by atoms with Crippen molar-refractivity contribution in [2.24, 2.45) is 7.05 Å². The molecule has 1 saturated carbocycles. The van der Waals surface area contributed by atoms with Gasteiger partial charge in [-0.2, -0.15) is 9.83 Å². The minimum atomic E-state index is -0.448. The van der Waals surface area contributed by atoms with Crippen molar-refractivity contribution in [3.05, 3.63) is 88.5 Å². The predicted molar refractivity (Wildman–Crippen MR) is 146 cm³/mol. The topological polar surface area (TPSA) is 40.8 Å². The van der Waals surface area contributed by atoms with Crippen LogP contribution in [0.25, 0.3) is 44.3 Å². The third-order valence-electron chi connectivity index (χ3n) is 8.07. The van der Waals surface area contributed by atoms with Crippen LogP contribution in [0.5, 0.6) is 0 Å². The summed E-state index contributed by atoms with van der Waals surface area (Å²) >= 11 is 0. The largest absolute Gasteiger partial charge is 0.454 e. The molecule has 0 aliphatic heterocycles. The lowest BCUT2D eigenvalue weighted by atomic mass is 9.90. The Morgan fingerprint density at radius 1 is 1.00 bits per heavy atom. The molecule has 2 aromatic heterocycles. The van der Waals surface area contributed by atoms with Crippen molar-refractivity contribution in [2.75, 3.05) is 0 Å². The first kappa shape index (κ1) is 17.5. The first-order chi connectivity index (χ1) is 19.6. The van der Waals surface area contributed by atoms with Crippen molar-refractivity contribution in [2.45, 2.75) is 52.4 Å². The zero-order valence-electron chi connectivity index (χ0n) is 26.1. The maximum atomic E-state index is 10.1. The number of nitrogens with zero attached hydrogens (tertiary/aromatic N) is 2. The molecule has 3 nitrogen and oxygen atoms in total. The van der Waals surface area contributed by atoms with E-state index in [-0.39, 0.29) is 17.6 Å². The summed E-state index contributed by atoms with van der Waals surface area (Å²) in [5, 5.41) is 11.4. The zero-order chi connectivity index (χ0) is 29.3. The highest BCUT2D eigenvalue weighted by Gasteiger charge is 2.29. The van der Waals surface area contributed by atoms with E-state index in [0.717, 1.165) is 22.2 Å². The molecule has 3 aromatic carbocycles. The van der Waals surface area contributed by atoms with E-state index in [2.05, 4.69) is 37.6 Å². The third-order valence-corrected chi connectivity index (χ3v) is 8.07. The van der Waals surface area contributed by atoms with E-state index in [1.54, 1.807) is 12.1 Å². The van der Waals surface area contributed by atoms with Crippen LogP contribution in [0, 0.1) is 32.1 Å². The van der Waals surface area contributed by atoms with Gasteiger partial charge in [-0.25, -0.2) is 0 Å². The molecule has 0 unspecified atom stereocenters. The third kappa shape index (κ3) is 3.36. The van der Waals surface area contributed by atoms with Crippen molar-refractivity contribution in [3.8, 4) is 28.5 Å². The van der Waals surface area contributed by atoms with E-state index >= 15 is 0 Å². The smallest absolute Gasteiger partial charge is 0.216 e. The van der Waals surface area contributed by atoms with Gasteiger partial charge in [-0.05, 0) is 61.4 Å². The van der Waals surface area contributed by atoms with E-state index < -0.39 is 18.1 Å². The van der Waals surface area contributed by atoms with Crippen molar-refractivity contribution in [3.63, 3.8) is 0 Å². The van der Waals surface area contributed by atoms with Crippen LogP contribution in [0.4, 0.5) is 0 Å². The molecule has 0 N–H and O–H groups in total. The Labute approximate surface area is 219 Å². The number of fused-ring (bicyclic) bond motifs is 3. The maximum Gasteiger partial charge on any atom is 0.216 e. The average Bonchev–Trinajstić information content (AvgIpc) is 3.63. The molecule has 178 valence electrons. The summed E-state index contributed by atoms with van der Waals surface area (Å²) in [7, 11) is 2.07. The Bertz CT molecular complexity index is 1930. The summed E-state index contributed by atoms with van der Waals surface area (Å²) in [6.45, 7) is 6.40. The average molecular weight is 477 g/mol. The summed E-state index contributed by atoms with van der Waals surface area (Å²) in [5.41, 5.74) is 8.64. The van der Waals surface area contributed by atoms with Gasteiger partial charge in [0.1, 0.15) is 18.2 Å². The Morgan fingerprint density at radius 3 is 2.47 bits per heavy atom. The fourth-order valence-electron chi connectivity index (χ4n) is 5.93. The number of aromatic nitrogens is 1. The molecule has 0 saturated heterocycles. The fraction of sp³-hybridized carbons (Fsp3) is 0.273. The number of aryl methyl sites for hydroxylation is 1. The highest BCUT2D eigenvalue weighted by molar-refractivity contribution is 6.15. The van der Waals surface area contributed by atoms with E-state index in [4.69, 9.17) is 11.3 Å². The number of hydrogen-bond acceptors (Lipinski definition) is 2. The normalized spacial score (nSPS) is 16.0. The highest BCUT2D eigenvalue weighted by Crippen LogP contribution is 2.43. The molecule has 0 atom stereocenters. The Kier molecular flexibility index (Phi) is 4.21. The second kappa shape index (κ2) is 8.64. The van der Waals surface area contributed by atoms with Crippen LogP contribution in [0.3, 0.4) is 0 Å².